The first kappa shape index (κ1) is 16.4. The van der Waals surface area contributed by atoms with Gasteiger partial charge in [-0.15, -0.1) is 0 Å². The standard InChI is InChI=1S/C15H30N2O2/c1-11(2)14(5-6-18)16-8-15(19)17-9-12(3)7-13(4)10-17/h11-14,16,18H,5-10H2,1-4H3/t12-,13-,14-/m1/s1. The Kier molecular flexibility index (Phi) is 6.80. The summed E-state index contributed by atoms with van der Waals surface area (Å²) in [4.78, 5) is 14.2. The highest BCUT2D eigenvalue weighted by Crippen LogP contribution is 2.20. The minimum absolute atomic E-state index is 0.168. The van der Waals surface area contributed by atoms with Gasteiger partial charge in [0.1, 0.15) is 0 Å². The smallest absolute Gasteiger partial charge is 0.236 e. The zero-order chi connectivity index (χ0) is 14.4. The van der Waals surface area contributed by atoms with Crippen LogP contribution in [-0.2, 0) is 4.79 Å². The molecule has 112 valence electrons. The molecular formula is C15H30N2O2. The van der Waals surface area contributed by atoms with Crippen molar-refractivity contribution < 1.29 is 9.90 Å². The summed E-state index contributed by atoms with van der Waals surface area (Å²) in [5.74, 6) is 1.83. The minimum atomic E-state index is 0.168. The van der Waals surface area contributed by atoms with E-state index in [0.29, 0.717) is 30.7 Å². The Morgan fingerprint density at radius 1 is 1.32 bits per heavy atom. The molecule has 3 atom stereocenters. The number of hydrogen-bond donors (Lipinski definition) is 2. The van der Waals surface area contributed by atoms with E-state index in [-0.39, 0.29) is 18.6 Å². The van der Waals surface area contributed by atoms with Crippen LogP contribution in [0.2, 0.25) is 0 Å². The molecule has 0 aromatic carbocycles. The second-order valence-electron chi connectivity index (χ2n) is 6.49. The van der Waals surface area contributed by atoms with Gasteiger partial charge in [-0.25, -0.2) is 0 Å². The number of amides is 1. The Labute approximate surface area is 117 Å². The maximum Gasteiger partial charge on any atom is 0.236 e. The number of rotatable bonds is 6. The second-order valence-corrected chi connectivity index (χ2v) is 6.49. The van der Waals surface area contributed by atoms with Gasteiger partial charge in [0, 0.05) is 25.7 Å². The van der Waals surface area contributed by atoms with Crippen molar-refractivity contribution in [3.63, 3.8) is 0 Å². The van der Waals surface area contributed by atoms with E-state index < -0.39 is 0 Å². The molecule has 2 N–H and O–H groups in total. The molecule has 19 heavy (non-hydrogen) atoms. The van der Waals surface area contributed by atoms with Gasteiger partial charge < -0.3 is 15.3 Å². The predicted octanol–water partition coefficient (Wildman–Crippen LogP) is 1.49. The molecule has 0 radical (unpaired) electrons. The molecule has 0 aromatic rings. The highest BCUT2D eigenvalue weighted by Gasteiger charge is 2.25. The van der Waals surface area contributed by atoms with Crippen molar-refractivity contribution in [3.05, 3.63) is 0 Å². The third-order valence-electron chi connectivity index (χ3n) is 3.98. The predicted molar refractivity (Wildman–Crippen MR) is 77.9 cm³/mol. The fourth-order valence-electron chi connectivity index (χ4n) is 3.01. The van der Waals surface area contributed by atoms with Gasteiger partial charge in [0.25, 0.3) is 0 Å². The summed E-state index contributed by atoms with van der Waals surface area (Å²) in [5, 5.41) is 12.3. The lowest BCUT2D eigenvalue weighted by Crippen LogP contribution is -2.48. The third kappa shape index (κ3) is 5.49. The van der Waals surface area contributed by atoms with Crippen LogP contribution < -0.4 is 5.32 Å². The molecule has 1 aliphatic heterocycles. The lowest BCUT2D eigenvalue weighted by Gasteiger charge is -2.35. The quantitative estimate of drug-likeness (QED) is 0.769. The van der Waals surface area contributed by atoms with E-state index in [0.717, 1.165) is 13.1 Å². The zero-order valence-corrected chi connectivity index (χ0v) is 12.9. The molecule has 4 heteroatoms. The first-order chi connectivity index (χ1) is 8.93. The van der Waals surface area contributed by atoms with E-state index in [1.54, 1.807) is 0 Å². The van der Waals surface area contributed by atoms with Crippen molar-refractivity contribution in [2.45, 2.75) is 46.6 Å². The van der Waals surface area contributed by atoms with Gasteiger partial charge in [-0.1, -0.05) is 27.7 Å². The van der Waals surface area contributed by atoms with Crippen LogP contribution in [0, 0.1) is 17.8 Å². The topological polar surface area (TPSA) is 52.6 Å². The molecule has 1 amide bonds. The highest BCUT2D eigenvalue weighted by atomic mass is 16.3. The lowest BCUT2D eigenvalue weighted by atomic mass is 9.92. The number of piperidine rings is 1. The minimum Gasteiger partial charge on any atom is -0.396 e. The normalized spacial score (nSPS) is 25.7. The van der Waals surface area contributed by atoms with Crippen molar-refractivity contribution >= 4 is 5.91 Å². The third-order valence-corrected chi connectivity index (χ3v) is 3.98. The zero-order valence-electron chi connectivity index (χ0n) is 12.9. The fraction of sp³-hybridized carbons (Fsp3) is 0.933. The number of aliphatic hydroxyl groups is 1. The summed E-state index contributed by atoms with van der Waals surface area (Å²) in [6, 6.07) is 0.216. The molecule has 1 saturated heterocycles. The Hall–Kier alpha value is -0.610. The van der Waals surface area contributed by atoms with Crippen molar-refractivity contribution in [1.82, 2.24) is 10.2 Å². The molecule has 1 aliphatic rings. The number of nitrogens with one attached hydrogen (secondary N) is 1. The first-order valence-corrected chi connectivity index (χ1v) is 7.56. The summed E-state index contributed by atoms with van der Waals surface area (Å²) in [7, 11) is 0. The monoisotopic (exact) mass is 270 g/mol. The molecule has 0 saturated carbocycles. The van der Waals surface area contributed by atoms with Gasteiger partial charge in [0.2, 0.25) is 5.91 Å². The van der Waals surface area contributed by atoms with Crippen molar-refractivity contribution in [2.24, 2.45) is 17.8 Å². The number of aliphatic hydroxyl groups excluding tert-OH is 1. The molecule has 4 nitrogen and oxygen atoms in total. The largest absolute Gasteiger partial charge is 0.396 e. The van der Waals surface area contributed by atoms with Gasteiger partial charge in [0.15, 0.2) is 0 Å². The fourth-order valence-corrected chi connectivity index (χ4v) is 3.01. The Balaban J connectivity index is 2.41. The summed E-state index contributed by atoms with van der Waals surface area (Å²) in [6.45, 7) is 11.0. The summed E-state index contributed by atoms with van der Waals surface area (Å²) in [5.41, 5.74) is 0. The maximum absolute atomic E-state index is 12.2. The summed E-state index contributed by atoms with van der Waals surface area (Å²) >= 11 is 0. The lowest BCUT2D eigenvalue weighted by molar-refractivity contribution is -0.133. The van der Waals surface area contributed by atoms with Crippen LogP contribution in [0.4, 0.5) is 0 Å². The van der Waals surface area contributed by atoms with Gasteiger partial charge in [-0.2, -0.15) is 0 Å². The Morgan fingerprint density at radius 3 is 2.37 bits per heavy atom. The number of carbonyl (C=O) groups is 1. The van der Waals surface area contributed by atoms with Crippen molar-refractivity contribution in [3.8, 4) is 0 Å². The van der Waals surface area contributed by atoms with Gasteiger partial charge in [-0.3, -0.25) is 4.79 Å². The van der Waals surface area contributed by atoms with Crippen LogP contribution in [0.3, 0.4) is 0 Å². The molecule has 0 unspecified atom stereocenters. The Morgan fingerprint density at radius 2 is 1.89 bits per heavy atom. The average molecular weight is 270 g/mol. The number of nitrogens with zero attached hydrogens (tertiary/aromatic N) is 1. The molecule has 1 heterocycles. The van der Waals surface area contributed by atoms with Crippen LogP contribution in [0.1, 0.15) is 40.5 Å². The molecule has 1 rings (SSSR count). The highest BCUT2D eigenvalue weighted by molar-refractivity contribution is 5.78. The average Bonchev–Trinajstić information content (AvgIpc) is 2.32. The SMILES string of the molecule is CC(C)[C@@H](CCO)NCC(=O)N1C[C@H](C)C[C@@H](C)C1. The molecule has 1 fully saturated rings. The van der Waals surface area contributed by atoms with E-state index in [1.165, 1.54) is 6.42 Å². The van der Waals surface area contributed by atoms with E-state index in [9.17, 15) is 4.79 Å². The second kappa shape index (κ2) is 7.85. The number of hydrogen-bond acceptors (Lipinski definition) is 3. The van der Waals surface area contributed by atoms with E-state index in [4.69, 9.17) is 5.11 Å². The molecule has 0 aromatic heterocycles. The first-order valence-electron chi connectivity index (χ1n) is 7.56. The van der Waals surface area contributed by atoms with E-state index >= 15 is 0 Å². The van der Waals surface area contributed by atoms with Crippen molar-refractivity contribution in [1.29, 1.82) is 0 Å². The summed E-state index contributed by atoms with van der Waals surface area (Å²) < 4.78 is 0. The van der Waals surface area contributed by atoms with Gasteiger partial charge in [0.05, 0.1) is 6.54 Å². The molecule has 0 bridgehead atoms. The van der Waals surface area contributed by atoms with E-state index in [2.05, 4.69) is 33.0 Å². The van der Waals surface area contributed by atoms with Gasteiger partial charge >= 0.3 is 0 Å². The van der Waals surface area contributed by atoms with Crippen LogP contribution in [0.15, 0.2) is 0 Å². The van der Waals surface area contributed by atoms with Crippen molar-refractivity contribution in [2.75, 3.05) is 26.2 Å². The Bertz CT molecular complexity index is 271. The van der Waals surface area contributed by atoms with Crippen LogP contribution in [0.5, 0.6) is 0 Å². The molecule has 0 spiro atoms. The number of carbonyl (C=O) groups excluding carboxylic acids is 1. The maximum atomic E-state index is 12.2. The number of likely N-dealkylation sites (tertiary alicyclic amines) is 1. The van der Waals surface area contributed by atoms with Crippen LogP contribution in [-0.4, -0.2) is 48.2 Å². The molecular weight excluding hydrogens is 240 g/mol. The van der Waals surface area contributed by atoms with Crippen LogP contribution in [0.25, 0.3) is 0 Å². The summed E-state index contributed by atoms with van der Waals surface area (Å²) in [6.07, 6.45) is 1.92. The van der Waals surface area contributed by atoms with E-state index in [1.807, 2.05) is 4.90 Å². The van der Waals surface area contributed by atoms with Crippen LogP contribution >= 0.6 is 0 Å². The molecule has 0 aliphatic carbocycles. The van der Waals surface area contributed by atoms with Gasteiger partial charge in [-0.05, 0) is 30.6 Å².